The van der Waals surface area contributed by atoms with Crippen molar-refractivity contribution in [2.24, 2.45) is 0 Å². The van der Waals surface area contributed by atoms with E-state index in [0.717, 1.165) is 37.6 Å². The SMILES string of the molecule is COc1cccc(NC(=O)[C@H](C)N2CCN(c3ccccc3C)CC2)c1. The molecule has 0 spiro atoms. The third-order valence-corrected chi connectivity index (χ3v) is 5.03. The number of nitrogens with one attached hydrogen (secondary N) is 1. The highest BCUT2D eigenvalue weighted by atomic mass is 16.5. The molecular weight excluding hydrogens is 326 g/mol. The van der Waals surface area contributed by atoms with Gasteiger partial charge in [-0.1, -0.05) is 24.3 Å². The van der Waals surface area contributed by atoms with Crippen LogP contribution in [-0.4, -0.2) is 50.1 Å². The lowest BCUT2D eigenvalue weighted by atomic mass is 10.1. The Labute approximate surface area is 155 Å². The van der Waals surface area contributed by atoms with Gasteiger partial charge in [0.1, 0.15) is 5.75 Å². The quantitative estimate of drug-likeness (QED) is 0.897. The van der Waals surface area contributed by atoms with Gasteiger partial charge < -0.3 is 15.0 Å². The summed E-state index contributed by atoms with van der Waals surface area (Å²) in [6, 6.07) is 15.8. The molecule has 2 aromatic rings. The van der Waals surface area contributed by atoms with Crippen molar-refractivity contribution in [3.05, 3.63) is 54.1 Å². The molecule has 0 bridgehead atoms. The minimum absolute atomic E-state index is 0.0163. The topological polar surface area (TPSA) is 44.8 Å². The van der Waals surface area contributed by atoms with Crippen LogP contribution in [0.25, 0.3) is 0 Å². The van der Waals surface area contributed by atoms with Crippen LogP contribution in [0, 0.1) is 6.92 Å². The predicted molar refractivity (Wildman–Crippen MR) is 106 cm³/mol. The number of para-hydroxylation sites is 1. The molecule has 1 N–H and O–H groups in total. The molecule has 5 heteroatoms. The molecule has 1 fully saturated rings. The molecule has 0 saturated carbocycles. The zero-order valence-electron chi connectivity index (χ0n) is 15.7. The van der Waals surface area contributed by atoms with Crippen molar-refractivity contribution in [2.75, 3.05) is 43.5 Å². The molecule has 1 atom stereocenters. The fraction of sp³-hybridized carbons (Fsp3) is 0.381. The highest BCUT2D eigenvalue weighted by molar-refractivity contribution is 5.94. The molecule has 0 radical (unpaired) electrons. The zero-order valence-corrected chi connectivity index (χ0v) is 15.7. The number of nitrogens with zero attached hydrogens (tertiary/aromatic N) is 2. The summed E-state index contributed by atoms with van der Waals surface area (Å²) in [4.78, 5) is 17.3. The smallest absolute Gasteiger partial charge is 0.241 e. The number of methoxy groups -OCH3 is 1. The average Bonchev–Trinajstić information content (AvgIpc) is 2.68. The summed E-state index contributed by atoms with van der Waals surface area (Å²) in [6.45, 7) is 7.73. The van der Waals surface area contributed by atoms with Crippen LogP contribution in [0.2, 0.25) is 0 Å². The molecule has 138 valence electrons. The number of aryl methyl sites for hydroxylation is 1. The van der Waals surface area contributed by atoms with Crippen molar-refractivity contribution in [1.29, 1.82) is 0 Å². The van der Waals surface area contributed by atoms with Gasteiger partial charge in [0.25, 0.3) is 0 Å². The first-order valence-corrected chi connectivity index (χ1v) is 9.08. The van der Waals surface area contributed by atoms with Crippen LogP contribution in [-0.2, 0) is 4.79 Å². The number of amides is 1. The maximum atomic E-state index is 12.6. The van der Waals surface area contributed by atoms with Gasteiger partial charge in [-0.05, 0) is 37.6 Å². The van der Waals surface area contributed by atoms with E-state index in [2.05, 4.69) is 46.3 Å². The number of carbonyl (C=O) groups excluding carboxylic acids is 1. The monoisotopic (exact) mass is 353 g/mol. The third kappa shape index (κ3) is 4.17. The fourth-order valence-electron chi connectivity index (χ4n) is 3.38. The Bertz CT molecular complexity index is 754. The molecule has 1 heterocycles. The lowest BCUT2D eigenvalue weighted by Gasteiger charge is -2.39. The van der Waals surface area contributed by atoms with Crippen molar-refractivity contribution in [2.45, 2.75) is 19.9 Å². The second-order valence-electron chi connectivity index (χ2n) is 6.71. The van der Waals surface area contributed by atoms with Crippen LogP contribution in [0.15, 0.2) is 48.5 Å². The Hall–Kier alpha value is -2.53. The van der Waals surface area contributed by atoms with Gasteiger partial charge in [0.2, 0.25) is 5.91 Å². The summed E-state index contributed by atoms with van der Waals surface area (Å²) in [7, 11) is 1.62. The molecule has 1 amide bonds. The molecule has 1 saturated heterocycles. The van der Waals surface area contributed by atoms with Gasteiger partial charge in [-0.2, -0.15) is 0 Å². The van der Waals surface area contributed by atoms with Crippen LogP contribution in [0.4, 0.5) is 11.4 Å². The minimum atomic E-state index is -0.166. The average molecular weight is 353 g/mol. The van der Waals surface area contributed by atoms with Crippen LogP contribution in [0.1, 0.15) is 12.5 Å². The molecule has 0 unspecified atom stereocenters. The first kappa shape index (κ1) is 18.3. The van der Waals surface area contributed by atoms with Crippen molar-refractivity contribution in [3.8, 4) is 5.75 Å². The lowest BCUT2D eigenvalue weighted by Crippen LogP contribution is -2.53. The second-order valence-corrected chi connectivity index (χ2v) is 6.71. The third-order valence-electron chi connectivity index (χ3n) is 5.03. The first-order valence-electron chi connectivity index (χ1n) is 9.08. The number of hydrogen-bond acceptors (Lipinski definition) is 4. The highest BCUT2D eigenvalue weighted by Gasteiger charge is 2.26. The van der Waals surface area contributed by atoms with Gasteiger partial charge >= 0.3 is 0 Å². The van der Waals surface area contributed by atoms with Crippen LogP contribution in [0.3, 0.4) is 0 Å². The Kier molecular flexibility index (Phi) is 5.78. The van der Waals surface area contributed by atoms with Gasteiger partial charge in [-0.25, -0.2) is 0 Å². The maximum Gasteiger partial charge on any atom is 0.241 e. The molecular formula is C21H27N3O2. The second kappa shape index (κ2) is 8.23. The number of carbonyl (C=O) groups is 1. The predicted octanol–water partition coefficient (Wildman–Crippen LogP) is 3.15. The summed E-state index contributed by atoms with van der Waals surface area (Å²) in [5, 5.41) is 2.99. The van der Waals surface area contributed by atoms with Gasteiger partial charge in [-0.3, -0.25) is 9.69 Å². The van der Waals surface area contributed by atoms with E-state index >= 15 is 0 Å². The molecule has 1 aliphatic rings. The van der Waals surface area contributed by atoms with E-state index < -0.39 is 0 Å². The van der Waals surface area contributed by atoms with Gasteiger partial charge in [0, 0.05) is 43.6 Å². The molecule has 0 aromatic heterocycles. The molecule has 0 aliphatic carbocycles. The molecule has 1 aliphatic heterocycles. The first-order chi connectivity index (χ1) is 12.6. The van der Waals surface area contributed by atoms with Crippen molar-refractivity contribution >= 4 is 17.3 Å². The van der Waals surface area contributed by atoms with E-state index in [1.54, 1.807) is 7.11 Å². The normalized spacial score (nSPS) is 16.2. The number of rotatable bonds is 5. The number of ether oxygens (including phenoxy) is 1. The standard InChI is InChI=1S/C21H27N3O2/c1-16-7-4-5-10-20(16)24-13-11-23(12-14-24)17(2)21(25)22-18-8-6-9-19(15-18)26-3/h4-10,15,17H,11-14H2,1-3H3,(H,22,25)/t17-/m0/s1. The number of anilines is 2. The van der Waals surface area contributed by atoms with Crippen molar-refractivity contribution < 1.29 is 9.53 Å². The molecule has 26 heavy (non-hydrogen) atoms. The summed E-state index contributed by atoms with van der Waals surface area (Å²) in [5.74, 6) is 0.755. The van der Waals surface area contributed by atoms with Crippen molar-refractivity contribution in [1.82, 2.24) is 4.90 Å². The zero-order chi connectivity index (χ0) is 18.5. The van der Waals surface area contributed by atoms with E-state index in [0.29, 0.717) is 0 Å². The highest BCUT2D eigenvalue weighted by Crippen LogP contribution is 2.22. The number of piperazine rings is 1. The van der Waals surface area contributed by atoms with Crippen LogP contribution < -0.4 is 15.0 Å². The van der Waals surface area contributed by atoms with Crippen molar-refractivity contribution in [3.63, 3.8) is 0 Å². The Morgan fingerprint density at radius 2 is 1.81 bits per heavy atom. The Morgan fingerprint density at radius 3 is 2.50 bits per heavy atom. The minimum Gasteiger partial charge on any atom is -0.497 e. The Balaban J connectivity index is 1.56. The molecule has 2 aromatic carbocycles. The summed E-state index contributed by atoms with van der Waals surface area (Å²) < 4.78 is 5.21. The van der Waals surface area contributed by atoms with Crippen LogP contribution >= 0.6 is 0 Å². The van der Waals surface area contributed by atoms with Gasteiger partial charge in [-0.15, -0.1) is 0 Å². The fourth-order valence-corrected chi connectivity index (χ4v) is 3.38. The van der Waals surface area contributed by atoms with Crippen LogP contribution in [0.5, 0.6) is 5.75 Å². The maximum absolute atomic E-state index is 12.6. The van der Waals surface area contributed by atoms with E-state index in [-0.39, 0.29) is 11.9 Å². The van der Waals surface area contributed by atoms with E-state index in [1.807, 2.05) is 31.2 Å². The van der Waals surface area contributed by atoms with E-state index in [4.69, 9.17) is 4.74 Å². The number of benzene rings is 2. The summed E-state index contributed by atoms with van der Waals surface area (Å²) in [5.41, 5.74) is 3.35. The summed E-state index contributed by atoms with van der Waals surface area (Å²) >= 11 is 0. The van der Waals surface area contributed by atoms with Gasteiger partial charge in [0.05, 0.1) is 13.2 Å². The van der Waals surface area contributed by atoms with E-state index in [1.165, 1.54) is 11.3 Å². The number of hydrogen-bond donors (Lipinski definition) is 1. The lowest BCUT2D eigenvalue weighted by molar-refractivity contribution is -0.120. The molecule has 3 rings (SSSR count). The largest absolute Gasteiger partial charge is 0.497 e. The summed E-state index contributed by atoms with van der Waals surface area (Å²) in [6.07, 6.45) is 0. The van der Waals surface area contributed by atoms with E-state index in [9.17, 15) is 4.79 Å². The molecule has 5 nitrogen and oxygen atoms in total. The Morgan fingerprint density at radius 1 is 1.08 bits per heavy atom. The van der Waals surface area contributed by atoms with Gasteiger partial charge in [0.15, 0.2) is 0 Å².